The summed E-state index contributed by atoms with van der Waals surface area (Å²) in [7, 11) is 1.40. The molecule has 0 aliphatic heterocycles. The van der Waals surface area contributed by atoms with Crippen molar-refractivity contribution < 1.29 is 14.2 Å². The molecule has 0 radical (unpaired) electrons. The molecule has 0 aromatic heterocycles. The van der Waals surface area contributed by atoms with Crippen LogP contribution in [0.5, 0.6) is 11.5 Å². The van der Waals surface area contributed by atoms with Crippen LogP contribution in [-0.2, 0) is 0 Å². The number of benzene rings is 2. The van der Waals surface area contributed by atoms with E-state index in [9.17, 15) is 9.50 Å². The minimum atomic E-state index is -0.460. The summed E-state index contributed by atoms with van der Waals surface area (Å²) in [6.45, 7) is 0. The molecule has 0 aliphatic carbocycles. The van der Waals surface area contributed by atoms with Crippen LogP contribution >= 0.6 is 12.2 Å². The van der Waals surface area contributed by atoms with Gasteiger partial charge < -0.3 is 15.6 Å². The lowest BCUT2D eigenvalue weighted by atomic mass is 10.0. The van der Waals surface area contributed by atoms with Gasteiger partial charge in [0.05, 0.1) is 13.3 Å². The number of hydrogen-bond acceptors (Lipinski definition) is 4. The molecule has 0 spiro atoms. The molecule has 0 bridgehead atoms. The third-order valence-corrected chi connectivity index (χ3v) is 2.98. The fraction of sp³-hybridized carbons (Fsp3) is 0.0667. The number of hydrazone groups is 1. The first-order valence-corrected chi connectivity index (χ1v) is 6.67. The van der Waals surface area contributed by atoms with Crippen LogP contribution in [0.4, 0.5) is 4.39 Å². The van der Waals surface area contributed by atoms with Crippen molar-refractivity contribution in [2.24, 2.45) is 10.8 Å². The maximum absolute atomic E-state index is 13.8. The van der Waals surface area contributed by atoms with Crippen molar-refractivity contribution in [3.63, 3.8) is 0 Å². The Morgan fingerprint density at radius 2 is 2.00 bits per heavy atom. The second-order valence-corrected chi connectivity index (χ2v) is 4.80. The number of phenols is 1. The normalized spacial score (nSPS) is 10.6. The van der Waals surface area contributed by atoms with Gasteiger partial charge in [0.15, 0.2) is 16.7 Å². The van der Waals surface area contributed by atoms with Crippen LogP contribution in [0.1, 0.15) is 5.56 Å². The van der Waals surface area contributed by atoms with E-state index in [0.29, 0.717) is 11.1 Å². The fourth-order valence-electron chi connectivity index (χ4n) is 1.85. The standard InChI is InChI=1S/C15H14FN3O2S/c1-21-14-5-3-10(7-12(14)16)9-2-4-13(20)11(6-9)8-18-19-15(17)22/h2-8,20H,1H3,(H3,17,19,22). The van der Waals surface area contributed by atoms with Gasteiger partial charge in [0, 0.05) is 5.56 Å². The van der Waals surface area contributed by atoms with Crippen molar-refractivity contribution in [3.8, 4) is 22.6 Å². The molecule has 2 aromatic carbocycles. The third kappa shape index (κ3) is 3.70. The van der Waals surface area contributed by atoms with Gasteiger partial charge in [0.25, 0.3) is 0 Å². The summed E-state index contributed by atoms with van der Waals surface area (Å²) < 4.78 is 18.7. The summed E-state index contributed by atoms with van der Waals surface area (Å²) in [5.41, 5.74) is 9.45. The number of hydrogen-bond donors (Lipinski definition) is 3. The van der Waals surface area contributed by atoms with E-state index in [0.717, 1.165) is 5.56 Å². The zero-order valence-electron chi connectivity index (χ0n) is 11.7. The Labute approximate surface area is 132 Å². The number of ether oxygens (including phenoxy) is 1. The number of aromatic hydroxyl groups is 1. The van der Waals surface area contributed by atoms with Crippen LogP contribution in [-0.4, -0.2) is 23.5 Å². The summed E-state index contributed by atoms with van der Waals surface area (Å²) >= 11 is 4.62. The van der Waals surface area contributed by atoms with E-state index in [1.165, 1.54) is 25.5 Å². The van der Waals surface area contributed by atoms with E-state index in [1.54, 1.807) is 24.3 Å². The number of nitrogens with zero attached hydrogens (tertiary/aromatic N) is 1. The van der Waals surface area contributed by atoms with Crippen molar-refractivity contribution in [3.05, 3.63) is 47.8 Å². The molecule has 0 aliphatic rings. The van der Waals surface area contributed by atoms with E-state index in [-0.39, 0.29) is 16.6 Å². The Balaban J connectivity index is 2.34. The zero-order valence-corrected chi connectivity index (χ0v) is 12.5. The Bertz CT molecular complexity index is 735. The molecule has 0 unspecified atom stereocenters. The smallest absolute Gasteiger partial charge is 0.184 e. The Morgan fingerprint density at radius 1 is 1.32 bits per heavy atom. The quantitative estimate of drug-likeness (QED) is 0.458. The molecule has 114 valence electrons. The number of nitrogens with two attached hydrogens (primary N) is 1. The van der Waals surface area contributed by atoms with E-state index < -0.39 is 5.82 Å². The Morgan fingerprint density at radius 3 is 2.64 bits per heavy atom. The molecule has 0 fully saturated rings. The summed E-state index contributed by atoms with van der Waals surface area (Å²) in [5.74, 6) is -0.255. The van der Waals surface area contributed by atoms with Crippen LogP contribution in [0.25, 0.3) is 11.1 Å². The summed E-state index contributed by atoms with van der Waals surface area (Å²) in [5, 5.41) is 13.6. The van der Waals surface area contributed by atoms with Gasteiger partial charge in [-0.1, -0.05) is 12.1 Å². The monoisotopic (exact) mass is 319 g/mol. The number of halogens is 1. The number of rotatable bonds is 4. The van der Waals surface area contributed by atoms with Crippen molar-refractivity contribution in [1.82, 2.24) is 5.43 Å². The van der Waals surface area contributed by atoms with Gasteiger partial charge in [-0.3, -0.25) is 5.43 Å². The molecule has 7 heteroatoms. The molecular weight excluding hydrogens is 305 g/mol. The van der Waals surface area contributed by atoms with E-state index in [1.807, 2.05) is 0 Å². The van der Waals surface area contributed by atoms with Gasteiger partial charge in [0.2, 0.25) is 0 Å². The van der Waals surface area contributed by atoms with Gasteiger partial charge in [0.1, 0.15) is 5.75 Å². The molecule has 0 saturated carbocycles. The number of thiocarbonyl (C=S) groups is 1. The Kier molecular flexibility index (Phi) is 4.90. The molecule has 4 N–H and O–H groups in total. The maximum atomic E-state index is 13.8. The van der Waals surface area contributed by atoms with E-state index in [4.69, 9.17) is 10.5 Å². The zero-order chi connectivity index (χ0) is 16.1. The lowest BCUT2D eigenvalue weighted by Gasteiger charge is -2.07. The second-order valence-electron chi connectivity index (χ2n) is 4.36. The number of methoxy groups -OCH3 is 1. The SMILES string of the molecule is COc1ccc(-c2ccc(O)c(C=NNC(N)=S)c2)cc1F. The van der Waals surface area contributed by atoms with Gasteiger partial charge in [-0.15, -0.1) is 0 Å². The largest absolute Gasteiger partial charge is 0.507 e. The summed E-state index contributed by atoms with van der Waals surface area (Å²) in [6, 6.07) is 9.47. The van der Waals surface area contributed by atoms with Crippen LogP contribution in [0.2, 0.25) is 0 Å². The predicted molar refractivity (Wildman–Crippen MR) is 87.6 cm³/mol. The molecular formula is C15H14FN3O2S. The minimum absolute atomic E-state index is 0.0177. The lowest BCUT2D eigenvalue weighted by Crippen LogP contribution is -2.23. The average molecular weight is 319 g/mol. The van der Waals surface area contributed by atoms with Gasteiger partial charge in [-0.05, 0) is 47.6 Å². The first-order chi connectivity index (χ1) is 10.5. The first-order valence-electron chi connectivity index (χ1n) is 6.26. The topological polar surface area (TPSA) is 79.9 Å². The average Bonchev–Trinajstić information content (AvgIpc) is 2.48. The maximum Gasteiger partial charge on any atom is 0.184 e. The molecule has 5 nitrogen and oxygen atoms in total. The minimum Gasteiger partial charge on any atom is -0.507 e. The first kappa shape index (κ1) is 15.7. The van der Waals surface area contributed by atoms with Crippen molar-refractivity contribution in [1.29, 1.82) is 0 Å². The fourth-order valence-corrected chi connectivity index (χ4v) is 1.90. The number of phenolic OH excluding ortho intramolecular Hbond substituents is 1. The molecule has 2 aromatic rings. The van der Waals surface area contributed by atoms with Crippen LogP contribution < -0.4 is 15.9 Å². The highest BCUT2D eigenvalue weighted by Gasteiger charge is 2.07. The van der Waals surface area contributed by atoms with Crippen LogP contribution in [0.3, 0.4) is 0 Å². The molecule has 0 saturated heterocycles. The molecule has 2 rings (SSSR count). The summed E-state index contributed by atoms with van der Waals surface area (Å²) in [6.07, 6.45) is 1.37. The molecule has 0 amide bonds. The Hall–Kier alpha value is -2.67. The molecule has 0 heterocycles. The van der Waals surface area contributed by atoms with Gasteiger partial charge in [-0.25, -0.2) is 4.39 Å². The number of nitrogens with one attached hydrogen (secondary N) is 1. The van der Waals surface area contributed by atoms with Gasteiger partial charge >= 0.3 is 0 Å². The molecule has 22 heavy (non-hydrogen) atoms. The highest BCUT2D eigenvalue weighted by Crippen LogP contribution is 2.28. The third-order valence-electron chi connectivity index (χ3n) is 2.89. The summed E-state index contributed by atoms with van der Waals surface area (Å²) in [4.78, 5) is 0. The van der Waals surface area contributed by atoms with E-state index >= 15 is 0 Å². The molecule has 0 atom stereocenters. The van der Waals surface area contributed by atoms with Crippen molar-refractivity contribution in [2.45, 2.75) is 0 Å². The van der Waals surface area contributed by atoms with Crippen LogP contribution in [0.15, 0.2) is 41.5 Å². The second kappa shape index (κ2) is 6.86. The predicted octanol–water partition coefficient (Wildman–Crippen LogP) is 2.37. The highest BCUT2D eigenvalue weighted by molar-refractivity contribution is 7.80. The highest BCUT2D eigenvalue weighted by atomic mass is 32.1. The van der Waals surface area contributed by atoms with Crippen molar-refractivity contribution >= 4 is 23.5 Å². The van der Waals surface area contributed by atoms with E-state index in [2.05, 4.69) is 22.7 Å². The van der Waals surface area contributed by atoms with Gasteiger partial charge in [-0.2, -0.15) is 5.10 Å². The van der Waals surface area contributed by atoms with Crippen LogP contribution in [0, 0.1) is 5.82 Å². The van der Waals surface area contributed by atoms with Crippen molar-refractivity contribution in [2.75, 3.05) is 7.11 Å². The lowest BCUT2D eigenvalue weighted by molar-refractivity contribution is 0.386.